The van der Waals surface area contributed by atoms with E-state index in [1.165, 1.54) is 19.2 Å². The van der Waals surface area contributed by atoms with E-state index in [0.29, 0.717) is 23.5 Å². The zero-order chi connectivity index (χ0) is 15.4. The van der Waals surface area contributed by atoms with Crippen LogP contribution in [0.25, 0.3) is 0 Å². The lowest BCUT2D eigenvalue weighted by Gasteiger charge is -2.11. The number of anilines is 2. The number of methoxy groups -OCH3 is 1. The van der Waals surface area contributed by atoms with Crippen LogP contribution in [0.1, 0.15) is 15.9 Å². The number of rotatable bonds is 4. The van der Waals surface area contributed by atoms with Crippen molar-refractivity contribution in [1.29, 1.82) is 0 Å². The Bertz CT molecular complexity index is 677. The number of nitrogen functional groups attached to an aromatic ring is 1. The van der Waals surface area contributed by atoms with E-state index in [0.717, 1.165) is 5.56 Å². The molecule has 2 aromatic rings. The molecular formula is C15H14ClFN2O2. The Morgan fingerprint density at radius 1 is 1.33 bits per heavy atom. The van der Waals surface area contributed by atoms with Gasteiger partial charge in [0.1, 0.15) is 5.82 Å². The highest BCUT2D eigenvalue weighted by atomic mass is 35.5. The minimum atomic E-state index is -0.456. The van der Waals surface area contributed by atoms with Crippen LogP contribution in [0.2, 0.25) is 5.02 Å². The average molecular weight is 309 g/mol. The van der Waals surface area contributed by atoms with E-state index in [-0.39, 0.29) is 5.02 Å². The van der Waals surface area contributed by atoms with Gasteiger partial charge in [-0.25, -0.2) is 9.18 Å². The number of esters is 1. The SMILES string of the molecule is COC(=O)c1ccc(NCc2ccc(F)c(Cl)c2)c(N)c1. The highest BCUT2D eigenvalue weighted by Gasteiger charge is 2.08. The predicted molar refractivity (Wildman–Crippen MR) is 80.9 cm³/mol. The Balaban J connectivity index is 2.09. The van der Waals surface area contributed by atoms with Gasteiger partial charge in [0.25, 0.3) is 0 Å². The highest BCUT2D eigenvalue weighted by Crippen LogP contribution is 2.22. The molecule has 0 spiro atoms. The summed E-state index contributed by atoms with van der Waals surface area (Å²) in [5.74, 6) is -0.902. The van der Waals surface area contributed by atoms with Crippen molar-refractivity contribution in [2.24, 2.45) is 0 Å². The third-order valence-corrected chi connectivity index (χ3v) is 3.23. The maximum atomic E-state index is 13.1. The van der Waals surface area contributed by atoms with Gasteiger partial charge < -0.3 is 15.8 Å². The molecule has 0 amide bonds. The number of carbonyl (C=O) groups is 1. The molecule has 0 fully saturated rings. The molecule has 0 bridgehead atoms. The fourth-order valence-electron chi connectivity index (χ4n) is 1.82. The smallest absolute Gasteiger partial charge is 0.337 e. The molecule has 0 atom stereocenters. The van der Waals surface area contributed by atoms with Gasteiger partial charge in [0, 0.05) is 6.54 Å². The summed E-state index contributed by atoms with van der Waals surface area (Å²) >= 11 is 5.72. The van der Waals surface area contributed by atoms with Crippen LogP contribution in [0.3, 0.4) is 0 Å². The molecular weight excluding hydrogens is 295 g/mol. The predicted octanol–water partition coefficient (Wildman–Crippen LogP) is 3.46. The zero-order valence-corrected chi connectivity index (χ0v) is 12.1. The van der Waals surface area contributed by atoms with Crippen LogP contribution in [-0.2, 0) is 11.3 Å². The lowest BCUT2D eigenvalue weighted by Crippen LogP contribution is -2.06. The molecule has 2 aromatic carbocycles. The molecule has 21 heavy (non-hydrogen) atoms. The van der Waals surface area contributed by atoms with Gasteiger partial charge in [-0.1, -0.05) is 17.7 Å². The molecule has 3 N–H and O–H groups in total. The van der Waals surface area contributed by atoms with Gasteiger partial charge in [0.2, 0.25) is 0 Å². The molecule has 110 valence electrons. The van der Waals surface area contributed by atoms with Crippen LogP contribution < -0.4 is 11.1 Å². The standard InChI is InChI=1S/C15H14ClFN2O2/c1-21-15(20)10-3-5-14(13(18)7-10)19-8-9-2-4-12(17)11(16)6-9/h2-7,19H,8,18H2,1H3. The molecule has 0 aliphatic rings. The van der Waals surface area contributed by atoms with Crippen LogP contribution in [0.4, 0.5) is 15.8 Å². The third kappa shape index (κ3) is 3.64. The van der Waals surface area contributed by atoms with E-state index in [2.05, 4.69) is 10.1 Å². The number of nitrogens with two attached hydrogens (primary N) is 1. The van der Waals surface area contributed by atoms with Crippen LogP contribution in [0.5, 0.6) is 0 Å². The number of carbonyl (C=O) groups excluding carboxylic acids is 1. The quantitative estimate of drug-likeness (QED) is 0.670. The molecule has 0 saturated carbocycles. The molecule has 4 nitrogen and oxygen atoms in total. The van der Waals surface area contributed by atoms with Crippen molar-refractivity contribution in [2.75, 3.05) is 18.2 Å². The van der Waals surface area contributed by atoms with Gasteiger partial charge in [0.05, 0.1) is 29.1 Å². The Morgan fingerprint density at radius 2 is 2.10 bits per heavy atom. The van der Waals surface area contributed by atoms with Crippen LogP contribution in [0.15, 0.2) is 36.4 Å². The van der Waals surface area contributed by atoms with Crippen LogP contribution in [-0.4, -0.2) is 13.1 Å². The second kappa shape index (κ2) is 6.45. The van der Waals surface area contributed by atoms with E-state index in [4.69, 9.17) is 17.3 Å². The van der Waals surface area contributed by atoms with Crippen molar-refractivity contribution in [3.8, 4) is 0 Å². The third-order valence-electron chi connectivity index (χ3n) is 2.94. The van der Waals surface area contributed by atoms with Gasteiger partial charge in [-0.3, -0.25) is 0 Å². The average Bonchev–Trinajstić information content (AvgIpc) is 2.48. The van der Waals surface area contributed by atoms with E-state index >= 15 is 0 Å². The Morgan fingerprint density at radius 3 is 2.71 bits per heavy atom. The monoisotopic (exact) mass is 308 g/mol. The molecule has 6 heteroatoms. The van der Waals surface area contributed by atoms with Crippen molar-refractivity contribution in [2.45, 2.75) is 6.54 Å². The number of nitrogens with one attached hydrogen (secondary N) is 1. The van der Waals surface area contributed by atoms with E-state index in [1.807, 2.05) is 0 Å². The van der Waals surface area contributed by atoms with Gasteiger partial charge >= 0.3 is 5.97 Å². The Hall–Kier alpha value is -2.27. The molecule has 0 heterocycles. The number of hydrogen-bond acceptors (Lipinski definition) is 4. The molecule has 0 aromatic heterocycles. The van der Waals surface area contributed by atoms with Crippen molar-refractivity contribution >= 4 is 28.9 Å². The first kappa shape index (κ1) is 15.1. The first-order valence-electron chi connectivity index (χ1n) is 6.17. The minimum absolute atomic E-state index is 0.0725. The zero-order valence-electron chi connectivity index (χ0n) is 11.3. The topological polar surface area (TPSA) is 64.3 Å². The normalized spacial score (nSPS) is 10.2. The summed E-state index contributed by atoms with van der Waals surface area (Å²) in [7, 11) is 1.31. The summed E-state index contributed by atoms with van der Waals surface area (Å²) in [6, 6.07) is 9.32. The summed E-state index contributed by atoms with van der Waals surface area (Å²) in [5, 5.41) is 3.17. The second-order valence-electron chi connectivity index (χ2n) is 4.40. The summed E-state index contributed by atoms with van der Waals surface area (Å²) in [6.45, 7) is 0.432. The first-order valence-corrected chi connectivity index (χ1v) is 6.54. The molecule has 0 unspecified atom stereocenters. The number of ether oxygens (including phenoxy) is 1. The molecule has 2 rings (SSSR count). The fourth-order valence-corrected chi connectivity index (χ4v) is 2.02. The Kier molecular flexibility index (Phi) is 4.65. The molecule has 0 radical (unpaired) electrons. The lowest BCUT2D eigenvalue weighted by molar-refractivity contribution is 0.0601. The van der Waals surface area contributed by atoms with Crippen molar-refractivity contribution in [3.05, 3.63) is 58.4 Å². The highest BCUT2D eigenvalue weighted by molar-refractivity contribution is 6.30. The maximum Gasteiger partial charge on any atom is 0.337 e. The van der Waals surface area contributed by atoms with Crippen LogP contribution in [0, 0.1) is 5.82 Å². The first-order chi connectivity index (χ1) is 10.0. The van der Waals surface area contributed by atoms with E-state index in [9.17, 15) is 9.18 Å². The molecule has 0 aliphatic heterocycles. The maximum absolute atomic E-state index is 13.1. The van der Waals surface area contributed by atoms with Gasteiger partial charge in [-0.15, -0.1) is 0 Å². The summed E-state index contributed by atoms with van der Waals surface area (Å²) < 4.78 is 17.7. The summed E-state index contributed by atoms with van der Waals surface area (Å²) in [6.07, 6.45) is 0. The van der Waals surface area contributed by atoms with Gasteiger partial charge in [-0.2, -0.15) is 0 Å². The lowest BCUT2D eigenvalue weighted by atomic mass is 10.1. The fraction of sp³-hybridized carbons (Fsp3) is 0.133. The Labute approximate surface area is 126 Å². The summed E-state index contributed by atoms with van der Waals surface area (Å²) in [4.78, 5) is 11.4. The van der Waals surface area contributed by atoms with Crippen LogP contribution >= 0.6 is 11.6 Å². The minimum Gasteiger partial charge on any atom is -0.465 e. The van der Waals surface area contributed by atoms with E-state index < -0.39 is 11.8 Å². The number of hydrogen-bond donors (Lipinski definition) is 2. The van der Waals surface area contributed by atoms with Gasteiger partial charge in [-0.05, 0) is 35.9 Å². The van der Waals surface area contributed by atoms with E-state index in [1.54, 1.807) is 24.3 Å². The molecule has 0 aliphatic carbocycles. The van der Waals surface area contributed by atoms with Crippen molar-refractivity contribution in [1.82, 2.24) is 0 Å². The largest absolute Gasteiger partial charge is 0.465 e. The number of benzene rings is 2. The second-order valence-corrected chi connectivity index (χ2v) is 4.80. The van der Waals surface area contributed by atoms with Crippen molar-refractivity contribution < 1.29 is 13.9 Å². The van der Waals surface area contributed by atoms with Crippen molar-refractivity contribution in [3.63, 3.8) is 0 Å². The van der Waals surface area contributed by atoms with Gasteiger partial charge in [0.15, 0.2) is 0 Å². The summed E-state index contributed by atoms with van der Waals surface area (Å²) in [5.41, 5.74) is 8.16. The molecule has 0 saturated heterocycles. The number of halogens is 2.